The molecule has 0 aromatic heterocycles. The summed E-state index contributed by atoms with van der Waals surface area (Å²) in [4.78, 5) is 10.9. The van der Waals surface area contributed by atoms with Crippen molar-refractivity contribution in [3.8, 4) is 0 Å². The van der Waals surface area contributed by atoms with Crippen LogP contribution in [0.15, 0.2) is 0 Å². The Morgan fingerprint density at radius 2 is 1.43 bits per heavy atom. The summed E-state index contributed by atoms with van der Waals surface area (Å²) in [7, 11) is 0. The standard InChI is InChI=1S/C19H38O2/c1-6-7-8-9-10-11-13-16(2)14-12-15-17(3)18(4)21-19(5)20/h16-18H,6-15H2,1-5H3/t16?,17-,18-/m0/s1. The van der Waals surface area contributed by atoms with Crippen LogP contribution in [-0.2, 0) is 9.53 Å². The molecule has 0 aliphatic heterocycles. The van der Waals surface area contributed by atoms with E-state index in [0.717, 1.165) is 12.3 Å². The second-order valence-corrected chi connectivity index (χ2v) is 6.88. The van der Waals surface area contributed by atoms with E-state index < -0.39 is 0 Å². The summed E-state index contributed by atoms with van der Waals surface area (Å²) in [6.45, 7) is 10.3. The Bertz CT molecular complexity index is 250. The second-order valence-electron chi connectivity index (χ2n) is 6.88. The molecule has 0 N–H and O–H groups in total. The second kappa shape index (κ2) is 13.2. The summed E-state index contributed by atoms with van der Waals surface area (Å²) in [5, 5.41) is 0. The van der Waals surface area contributed by atoms with Gasteiger partial charge in [-0.25, -0.2) is 0 Å². The van der Waals surface area contributed by atoms with Crippen LogP contribution in [0.4, 0.5) is 0 Å². The summed E-state index contributed by atoms with van der Waals surface area (Å²) in [6, 6.07) is 0. The third-order valence-electron chi connectivity index (χ3n) is 4.56. The van der Waals surface area contributed by atoms with Crippen molar-refractivity contribution in [2.24, 2.45) is 11.8 Å². The number of unbranched alkanes of at least 4 members (excludes halogenated alkanes) is 5. The van der Waals surface area contributed by atoms with Gasteiger partial charge in [-0.1, -0.05) is 78.6 Å². The first-order valence-electron chi connectivity index (χ1n) is 9.14. The van der Waals surface area contributed by atoms with E-state index in [-0.39, 0.29) is 12.1 Å². The molecular weight excluding hydrogens is 260 g/mol. The molecule has 21 heavy (non-hydrogen) atoms. The molecule has 2 nitrogen and oxygen atoms in total. The first-order chi connectivity index (χ1) is 9.97. The Kier molecular flexibility index (Phi) is 12.8. The van der Waals surface area contributed by atoms with Crippen molar-refractivity contribution >= 4 is 5.97 Å². The molecule has 0 spiro atoms. The van der Waals surface area contributed by atoms with Gasteiger partial charge in [0.2, 0.25) is 0 Å². The Hall–Kier alpha value is -0.530. The highest BCUT2D eigenvalue weighted by Gasteiger charge is 2.15. The maximum Gasteiger partial charge on any atom is 0.302 e. The fourth-order valence-electron chi connectivity index (χ4n) is 2.82. The monoisotopic (exact) mass is 298 g/mol. The molecule has 0 aliphatic rings. The van der Waals surface area contributed by atoms with Gasteiger partial charge in [0.15, 0.2) is 0 Å². The smallest absolute Gasteiger partial charge is 0.302 e. The van der Waals surface area contributed by atoms with Crippen molar-refractivity contribution < 1.29 is 9.53 Å². The normalized spacial score (nSPS) is 15.5. The topological polar surface area (TPSA) is 26.3 Å². The van der Waals surface area contributed by atoms with Gasteiger partial charge >= 0.3 is 5.97 Å². The highest BCUT2D eigenvalue weighted by Crippen LogP contribution is 2.21. The van der Waals surface area contributed by atoms with Gasteiger partial charge in [0.1, 0.15) is 6.10 Å². The number of carbonyl (C=O) groups is 1. The van der Waals surface area contributed by atoms with Gasteiger partial charge in [0.05, 0.1) is 0 Å². The predicted octanol–water partition coefficient (Wildman–Crippen LogP) is 6.13. The van der Waals surface area contributed by atoms with Crippen molar-refractivity contribution in [1.29, 1.82) is 0 Å². The van der Waals surface area contributed by atoms with Crippen LogP contribution >= 0.6 is 0 Å². The van der Waals surface area contributed by atoms with Gasteiger partial charge in [-0.15, -0.1) is 0 Å². The fourth-order valence-corrected chi connectivity index (χ4v) is 2.82. The van der Waals surface area contributed by atoms with Gasteiger partial charge in [-0.05, 0) is 25.2 Å². The minimum Gasteiger partial charge on any atom is -0.463 e. The van der Waals surface area contributed by atoms with Crippen molar-refractivity contribution in [2.75, 3.05) is 0 Å². The molecule has 3 atom stereocenters. The molecule has 1 unspecified atom stereocenters. The van der Waals surface area contributed by atoms with E-state index in [1.54, 1.807) is 0 Å². The summed E-state index contributed by atoms with van der Waals surface area (Å²) in [5.41, 5.74) is 0. The Balaban J connectivity index is 3.51. The average molecular weight is 299 g/mol. The van der Waals surface area contributed by atoms with E-state index in [0.29, 0.717) is 5.92 Å². The van der Waals surface area contributed by atoms with E-state index in [1.165, 1.54) is 64.7 Å². The molecule has 0 saturated heterocycles. The molecule has 0 heterocycles. The largest absolute Gasteiger partial charge is 0.463 e. The molecular formula is C19H38O2. The molecule has 0 rings (SSSR count). The van der Waals surface area contributed by atoms with Crippen LogP contribution < -0.4 is 0 Å². The molecule has 0 amide bonds. The molecule has 2 heteroatoms. The number of carbonyl (C=O) groups excluding carboxylic acids is 1. The van der Waals surface area contributed by atoms with Crippen LogP contribution in [0.2, 0.25) is 0 Å². The molecule has 0 radical (unpaired) electrons. The van der Waals surface area contributed by atoms with Crippen LogP contribution in [-0.4, -0.2) is 12.1 Å². The van der Waals surface area contributed by atoms with Crippen LogP contribution in [0.5, 0.6) is 0 Å². The summed E-state index contributed by atoms with van der Waals surface area (Å²) in [5.74, 6) is 1.15. The molecule has 0 aromatic rings. The van der Waals surface area contributed by atoms with E-state index in [4.69, 9.17) is 4.74 Å². The highest BCUT2D eigenvalue weighted by molar-refractivity contribution is 5.66. The maximum absolute atomic E-state index is 10.9. The molecule has 0 aliphatic carbocycles. The highest BCUT2D eigenvalue weighted by atomic mass is 16.5. The van der Waals surface area contributed by atoms with Crippen LogP contribution in [0, 0.1) is 11.8 Å². The van der Waals surface area contributed by atoms with Crippen molar-refractivity contribution in [3.05, 3.63) is 0 Å². The Labute approximate surface area is 133 Å². The Morgan fingerprint density at radius 3 is 2.05 bits per heavy atom. The molecule has 0 fully saturated rings. The summed E-state index contributed by atoms with van der Waals surface area (Å²) in [6.07, 6.45) is 13.5. The van der Waals surface area contributed by atoms with Gasteiger partial charge in [0.25, 0.3) is 0 Å². The zero-order valence-corrected chi connectivity index (χ0v) is 15.1. The lowest BCUT2D eigenvalue weighted by atomic mass is 9.92. The molecule has 0 bridgehead atoms. The van der Waals surface area contributed by atoms with Gasteiger partial charge in [-0.2, -0.15) is 0 Å². The average Bonchev–Trinajstić information content (AvgIpc) is 2.41. The number of rotatable bonds is 13. The van der Waals surface area contributed by atoms with Crippen LogP contribution in [0.25, 0.3) is 0 Å². The predicted molar refractivity (Wildman–Crippen MR) is 91.4 cm³/mol. The minimum absolute atomic E-state index is 0.0522. The van der Waals surface area contributed by atoms with Crippen molar-refractivity contribution in [1.82, 2.24) is 0 Å². The lowest BCUT2D eigenvalue weighted by Gasteiger charge is -2.20. The van der Waals surface area contributed by atoms with E-state index in [1.807, 2.05) is 6.92 Å². The number of hydrogen-bond acceptors (Lipinski definition) is 2. The maximum atomic E-state index is 10.9. The summed E-state index contributed by atoms with van der Waals surface area (Å²) < 4.78 is 5.24. The van der Waals surface area contributed by atoms with E-state index in [2.05, 4.69) is 20.8 Å². The number of esters is 1. The molecule has 0 saturated carbocycles. The lowest BCUT2D eigenvalue weighted by Crippen LogP contribution is -2.20. The van der Waals surface area contributed by atoms with Crippen LogP contribution in [0.1, 0.15) is 98.8 Å². The molecule has 126 valence electrons. The zero-order chi connectivity index (χ0) is 16.1. The third-order valence-corrected chi connectivity index (χ3v) is 4.56. The van der Waals surface area contributed by atoms with Crippen molar-refractivity contribution in [3.63, 3.8) is 0 Å². The SMILES string of the molecule is CCCCCCCCC(C)CCC[C@H](C)[C@H](C)OC(C)=O. The number of ether oxygens (including phenoxy) is 1. The lowest BCUT2D eigenvalue weighted by molar-refractivity contribution is -0.147. The Morgan fingerprint density at radius 1 is 0.857 bits per heavy atom. The van der Waals surface area contributed by atoms with Gasteiger partial charge in [-0.3, -0.25) is 4.79 Å². The third kappa shape index (κ3) is 12.9. The van der Waals surface area contributed by atoms with E-state index >= 15 is 0 Å². The van der Waals surface area contributed by atoms with Crippen LogP contribution in [0.3, 0.4) is 0 Å². The van der Waals surface area contributed by atoms with Gasteiger partial charge in [0, 0.05) is 6.92 Å². The van der Waals surface area contributed by atoms with Crippen molar-refractivity contribution in [2.45, 2.75) is 105 Å². The first-order valence-corrected chi connectivity index (χ1v) is 9.14. The number of hydrogen-bond donors (Lipinski definition) is 0. The summed E-state index contributed by atoms with van der Waals surface area (Å²) >= 11 is 0. The quantitative estimate of drug-likeness (QED) is 0.302. The first kappa shape index (κ1) is 20.5. The van der Waals surface area contributed by atoms with E-state index in [9.17, 15) is 4.79 Å². The molecule has 0 aromatic carbocycles. The minimum atomic E-state index is -0.161. The zero-order valence-electron chi connectivity index (χ0n) is 15.1. The van der Waals surface area contributed by atoms with Gasteiger partial charge < -0.3 is 4.74 Å². The fraction of sp³-hybridized carbons (Fsp3) is 0.947.